The number of hydrogen-bond acceptors (Lipinski definition) is 5. The van der Waals surface area contributed by atoms with Crippen molar-refractivity contribution in [3.63, 3.8) is 0 Å². The summed E-state index contributed by atoms with van der Waals surface area (Å²) in [5, 5.41) is 9.40. The predicted molar refractivity (Wildman–Crippen MR) is 113 cm³/mol. The number of carbonyl (C=O) groups is 1. The van der Waals surface area contributed by atoms with Crippen LogP contribution in [0.2, 0.25) is 0 Å². The van der Waals surface area contributed by atoms with Crippen molar-refractivity contribution in [1.82, 2.24) is 19.7 Å². The molecule has 3 aromatic rings. The molecule has 0 saturated heterocycles. The minimum absolute atomic E-state index is 0.111. The first-order valence-corrected chi connectivity index (χ1v) is 10.9. The van der Waals surface area contributed by atoms with Gasteiger partial charge in [0.05, 0.1) is 18.6 Å². The molecule has 0 unspecified atom stereocenters. The summed E-state index contributed by atoms with van der Waals surface area (Å²) in [6, 6.07) is 13.9. The van der Waals surface area contributed by atoms with Gasteiger partial charge in [-0.15, -0.1) is 10.2 Å². The van der Waals surface area contributed by atoms with Gasteiger partial charge in [0, 0.05) is 12.2 Å². The van der Waals surface area contributed by atoms with Crippen LogP contribution in [-0.2, 0) is 11.3 Å². The lowest BCUT2D eigenvalue weighted by molar-refractivity contribution is -0.126. The predicted octanol–water partition coefficient (Wildman–Crippen LogP) is 4.59. The van der Waals surface area contributed by atoms with E-state index in [1.165, 1.54) is 11.8 Å². The minimum Gasteiger partial charge on any atom is -0.461 e. The third kappa shape index (κ3) is 4.45. The van der Waals surface area contributed by atoms with Gasteiger partial charge in [0.2, 0.25) is 11.7 Å². The zero-order valence-corrected chi connectivity index (χ0v) is 17.3. The number of aromatic nitrogens is 3. The third-order valence-corrected chi connectivity index (χ3v) is 5.90. The molecule has 1 aliphatic rings. The lowest BCUT2D eigenvalue weighted by Gasteiger charge is -2.22. The number of rotatable bonds is 8. The molecule has 2 heterocycles. The number of thioether (sulfide) groups is 1. The molecule has 0 bridgehead atoms. The van der Waals surface area contributed by atoms with Gasteiger partial charge in [-0.3, -0.25) is 9.36 Å². The average molecular weight is 409 g/mol. The van der Waals surface area contributed by atoms with Crippen molar-refractivity contribution < 1.29 is 9.21 Å². The van der Waals surface area contributed by atoms with E-state index < -0.39 is 0 Å². The quantitative estimate of drug-likeness (QED) is 0.510. The number of amides is 1. The molecule has 0 N–H and O–H groups in total. The van der Waals surface area contributed by atoms with Gasteiger partial charge in [-0.2, -0.15) is 0 Å². The van der Waals surface area contributed by atoms with Crippen LogP contribution in [-0.4, -0.2) is 37.9 Å². The molecule has 4 rings (SSSR count). The minimum atomic E-state index is 0.111. The zero-order chi connectivity index (χ0) is 20.1. The fourth-order valence-corrected chi connectivity index (χ4v) is 4.35. The summed E-state index contributed by atoms with van der Waals surface area (Å²) in [6.45, 7) is 3.33. The lowest BCUT2D eigenvalue weighted by atomic mass is 10.2. The second kappa shape index (κ2) is 9.13. The van der Waals surface area contributed by atoms with Crippen LogP contribution in [0.1, 0.15) is 31.7 Å². The summed E-state index contributed by atoms with van der Waals surface area (Å²) < 4.78 is 7.56. The first-order chi connectivity index (χ1) is 14.3. The molecule has 6 nitrogen and oxygen atoms in total. The molecule has 0 fully saturated rings. The molecule has 1 aromatic carbocycles. The Hall–Kier alpha value is -2.80. The number of carbonyl (C=O) groups excluding carboxylic acids is 1. The molecule has 0 aliphatic heterocycles. The first kappa shape index (κ1) is 19.5. The second-order valence-electron chi connectivity index (χ2n) is 6.87. The molecular weight excluding hydrogens is 384 g/mol. The van der Waals surface area contributed by atoms with Crippen molar-refractivity contribution in [3.05, 3.63) is 66.1 Å². The van der Waals surface area contributed by atoms with E-state index >= 15 is 0 Å². The lowest BCUT2D eigenvalue weighted by Crippen LogP contribution is -2.31. The maximum atomic E-state index is 12.8. The molecule has 0 atom stereocenters. The second-order valence-corrected chi connectivity index (χ2v) is 7.81. The van der Waals surface area contributed by atoms with E-state index in [2.05, 4.69) is 28.4 Å². The first-order valence-electron chi connectivity index (χ1n) is 9.89. The molecule has 1 amide bonds. The van der Waals surface area contributed by atoms with Crippen LogP contribution in [0.25, 0.3) is 11.6 Å². The summed E-state index contributed by atoms with van der Waals surface area (Å²) >= 11 is 1.42. The summed E-state index contributed by atoms with van der Waals surface area (Å²) in [6.07, 6.45) is 6.98. The highest BCUT2D eigenvalue weighted by molar-refractivity contribution is 7.99. The Morgan fingerprint density at radius 3 is 2.76 bits per heavy atom. The van der Waals surface area contributed by atoms with Gasteiger partial charge >= 0.3 is 0 Å². The Morgan fingerprint density at radius 1 is 1.21 bits per heavy atom. The molecular formula is C22H24N4O2S. The van der Waals surface area contributed by atoms with E-state index in [4.69, 9.17) is 4.42 Å². The van der Waals surface area contributed by atoms with E-state index in [-0.39, 0.29) is 5.91 Å². The standard InChI is InChI=1S/C22H24N4O2S/c1-2-25(18-11-6-7-12-18)20(27)16-29-22-24-23-21(19-13-8-14-28-19)26(22)15-17-9-4-3-5-10-17/h3-5,8-11,13-14H,2,6-7,12,15-16H2,1H3. The largest absolute Gasteiger partial charge is 0.461 e. The van der Waals surface area contributed by atoms with Crippen LogP contribution in [0.5, 0.6) is 0 Å². The van der Waals surface area contributed by atoms with Crippen molar-refractivity contribution in [2.24, 2.45) is 0 Å². The van der Waals surface area contributed by atoms with E-state index in [0.29, 0.717) is 35.6 Å². The molecule has 0 saturated carbocycles. The molecule has 0 spiro atoms. The van der Waals surface area contributed by atoms with Crippen LogP contribution in [0, 0.1) is 0 Å². The van der Waals surface area contributed by atoms with Crippen LogP contribution >= 0.6 is 11.8 Å². The topological polar surface area (TPSA) is 64.2 Å². The van der Waals surface area contributed by atoms with E-state index in [0.717, 1.165) is 30.5 Å². The molecule has 1 aliphatic carbocycles. The van der Waals surface area contributed by atoms with Crippen molar-refractivity contribution in [3.8, 4) is 11.6 Å². The fraction of sp³-hybridized carbons (Fsp3) is 0.318. The number of nitrogens with zero attached hydrogens (tertiary/aromatic N) is 4. The third-order valence-electron chi connectivity index (χ3n) is 4.95. The number of benzene rings is 1. The van der Waals surface area contributed by atoms with Crippen LogP contribution in [0.4, 0.5) is 0 Å². The van der Waals surface area contributed by atoms with E-state index in [9.17, 15) is 4.79 Å². The monoisotopic (exact) mass is 408 g/mol. The van der Waals surface area contributed by atoms with Crippen LogP contribution in [0.3, 0.4) is 0 Å². The van der Waals surface area contributed by atoms with E-state index in [1.807, 2.05) is 46.7 Å². The number of allylic oxidation sites excluding steroid dienone is 2. The van der Waals surface area contributed by atoms with Crippen molar-refractivity contribution >= 4 is 17.7 Å². The summed E-state index contributed by atoms with van der Waals surface area (Å²) in [5.41, 5.74) is 2.29. The van der Waals surface area contributed by atoms with Crippen molar-refractivity contribution in [1.29, 1.82) is 0 Å². The average Bonchev–Trinajstić information content (AvgIpc) is 3.50. The normalized spacial score (nSPS) is 13.5. The molecule has 150 valence electrons. The zero-order valence-electron chi connectivity index (χ0n) is 16.5. The maximum absolute atomic E-state index is 12.8. The molecule has 0 radical (unpaired) electrons. The van der Waals surface area contributed by atoms with Gasteiger partial charge < -0.3 is 9.32 Å². The van der Waals surface area contributed by atoms with Gasteiger partial charge in [-0.05, 0) is 43.9 Å². The maximum Gasteiger partial charge on any atom is 0.237 e. The Kier molecular flexibility index (Phi) is 6.14. The van der Waals surface area contributed by atoms with Gasteiger partial charge in [0.25, 0.3) is 0 Å². The highest BCUT2D eigenvalue weighted by Gasteiger charge is 2.21. The van der Waals surface area contributed by atoms with E-state index in [1.54, 1.807) is 6.26 Å². The highest BCUT2D eigenvalue weighted by atomic mass is 32.2. The SMILES string of the molecule is CCN(C(=O)CSc1nnc(-c2ccco2)n1Cc1ccccc1)C1=CCCC1. The van der Waals surface area contributed by atoms with Crippen LogP contribution in [0.15, 0.2) is 70.1 Å². The Morgan fingerprint density at radius 2 is 2.07 bits per heavy atom. The number of hydrogen-bond donors (Lipinski definition) is 0. The van der Waals surface area contributed by atoms with Gasteiger partial charge in [-0.25, -0.2) is 0 Å². The van der Waals surface area contributed by atoms with Crippen molar-refractivity contribution in [2.75, 3.05) is 12.3 Å². The van der Waals surface area contributed by atoms with Gasteiger partial charge in [-0.1, -0.05) is 48.2 Å². The fourth-order valence-electron chi connectivity index (χ4n) is 3.53. The highest BCUT2D eigenvalue weighted by Crippen LogP contribution is 2.27. The summed E-state index contributed by atoms with van der Waals surface area (Å²) in [5.74, 6) is 1.77. The summed E-state index contributed by atoms with van der Waals surface area (Å²) in [7, 11) is 0. The Labute approximate surface area is 174 Å². The van der Waals surface area contributed by atoms with Crippen LogP contribution < -0.4 is 0 Å². The van der Waals surface area contributed by atoms with Crippen molar-refractivity contribution in [2.45, 2.75) is 37.9 Å². The molecule has 7 heteroatoms. The Bertz CT molecular complexity index is 980. The number of furan rings is 1. The van der Waals surface area contributed by atoms with Gasteiger partial charge in [0.1, 0.15) is 0 Å². The summed E-state index contributed by atoms with van der Waals surface area (Å²) in [4.78, 5) is 14.7. The molecule has 2 aromatic heterocycles. The van der Waals surface area contributed by atoms with Gasteiger partial charge in [0.15, 0.2) is 10.9 Å². The molecule has 29 heavy (non-hydrogen) atoms. The Balaban J connectivity index is 1.54. The smallest absolute Gasteiger partial charge is 0.237 e.